The molecule has 220 valence electrons. The van der Waals surface area contributed by atoms with Crippen LogP contribution in [0.4, 0.5) is 0 Å². The van der Waals surface area contributed by atoms with Crippen molar-refractivity contribution in [1.29, 1.82) is 0 Å². The first-order chi connectivity index (χ1) is 18.0. The third-order valence-corrected chi connectivity index (χ3v) is 7.97. The second-order valence-corrected chi connectivity index (χ2v) is 15.8. The van der Waals surface area contributed by atoms with Crippen LogP contribution in [0.5, 0.6) is 0 Å². The molecule has 0 aliphatic heterocycles. The Morgan fingerprint density at radius 2 is 0.564 bits per heavy atom. The molecule has 0 spiro atoms. The highest BCUT2D eigenvalue weighted by atomic mass is 14.3. The van der Waals surface area contributed by atoms with E-state index in [9.17, 15) is 0 Å². The molecule has 0 fully saturated rings. The molecule has 39 heavy (non-hydrogen) atoms. The summed E-state index contributed by atoms with van der Waals surface area (Å²) in [6.07, 6.45) is 6.98. The van der Waals surface area contributed by atoms with Crippen molar-refractivity contribution in [2.75, 3.05) is 0 Å². The highest BCUT2D eigenvalue weighted by Gasteiger charge is 2.31. The summed E-state index contributed by atoms with van der Waals surface area (Å²) in [5, 5.41) is 0. The molecule has 0 aliphatic rings. The lowest BCUT2D eigenvalue weighted by Crippen LogP contribution is -2.26. The van der Waals surface area contributed by atoms with Crippen LogP contribution in [0, 0.1) is 35.5 Å². The van der Waals surface area contributed by atoms with Gasteiger partial charge in [0.25, 0.3) is 0 Å². The van der Waals surface area contributed by atoms with E-state index < -0.39 is 0 Å². The number of hydrogen-bond acceptors (Lipinski definition) is 0. The molecule has 2 rings (SSSR count). The fraction of sp³-hybridized carbons (Fsp3) is 0.692. The zero-order valence-electron chi connectivity index (χ0n) is 28.5. The number of benzene rings is 2. The molecular weight excluding hydrogens is 468 g/mol. The van der Waals surface area contributed by atoms with Gasteiger partial charge in [0.05, 0.1) is 0 Å². The average molecular weight is 533 g/mol. The van der Waals surface area contributed by atoms with Crippen LogP contribution in [-0.4, -0.2) is 0 Å². The minimum Gasteiger partial charge on any atom is -0.0625 e. The lowest BCUT2D eigenvalue weighted by molar-refractivity contribution is 0.567. The van der Waals surface area contributed by atoms with Crippen molar-refractivity contribution < 1.29 is 0 Å². The van der Waals surface area contributed by atoms with Crippen molar-refractivity contribution in [3.05, 3.63) is 68.8 Å². The Balaban J connectivity index is 2.89. The summed E-state index contributed by atoms with van der Waals surface area (Å²) < 4.78 is 0. The van der Waals surface area contributed by atoms with Gasteiger partial charge in [-0.05, 0) is 119 Å². The maximum atomic E-state index is 2.65. The molecule has 2 aromatic carbocycles. The SMILES string of the molecule is CC(C)Cc1cc(CC(C)C)c(C(C)(C)c2cc(CC(C)C)c(CC(C)C)cc2CC(C)C)cc1CC(C)C. The molecule has 2 aromatic rings. The van der Waals surface area contributed by atoms with E-state index in [4.69, 9.17) is 0 Å². The molecule has 0 aromatic heterocycles. The molecule has 0 aliphatic carbocycles. The fourth-order valence-corrected chi connectivity index (χ4v) is 6.53. The van der Waals surface area contributed by atoms with Gasteiger partial charge in [0.15, 0.2) is 0 Å². The van der Waals surface area contributed by atoms with Crippen molar-refractivity contribution >= 4 is 0 Å². The molecule has 0 amide bonds. The predicted octanol–water partition coefficient (Wildman–Crippen LogP) is 11.2. The van der Waals surface area contributed by atoms with Crippen LogP contribution in [0.1, 0.15) is 141 Å². The van der Waals surface area contributed by atoms with E-state index >= 15 is 0 Å². The summed E-state index contributed by atoms with van der Waals surface area (Å²) in [6.45, 7) is 33.5. The van der Waals surface area contributed by atoms with Gasteiger partial charge in [-0.3, -0.25) is 0 Å². The molecule has 0 bridgehead atoms. The summed E-state index contributed by atoms with van der Waals surface area (Å²) in [5.41, 5.74) is 12.6. The second-order valence-electron chi connectivity index (χ2n) is 15.8. The van der Waals surface area contributed by atoms with E-state index in [0.717, 1.165) is 25.7 Å². The average Bonchev–Trinajstić information content (AvgIpc) is 2.74. The maximum Gasteiger partial charge on any atom is 0.0152 e. The van der Waals surface area contributed by atoms with Crippen LogP contribution >= 0.6 is 0 Å². The van der Waals surface area contributed by atoms with E-state index in [2.05, 4.69) is 121 Å². The fourth-order valence-electron chi connectivity index (χ4n) is 6.53. The molecular formula is C39H64. The van der Waals surface area contributed by atoms with Gasteiger partial charge in [-0.2, -0.15) is 0 Å². The van der Waals surface area contributed by atoms with Crippen LogP contribution in [0.3, 0.4) is 0 Å². The molecule has 0 unspecified atom stereocenters. The first-order valence-electron chi connectivity index (χ1n) is 16.3. The largest absolute Gasteiger partial charge is 0.0625 e. The number of hydrogen-bond donors (Lipinski definition) is 0. The van der Waals surface area contributed by atoms with Gasteiger partial charge in [0.2, 0.25) is 0 Å². The van der Waals surface area contributed by atoms with Crippen LogP contribution in [-0.2, 0) is 43.9 Å². The van der Waals surface area contributed by atoms with Crippen LogP contribution in [0.15, 0.2) is 24.3 Å². The van der Waals surface area contributed by atoms with Gasteiger partial charge in [-0.25, -0.2) is 0 Å². The van der Waals surface area contributed by atoms with Gasteiger partial charge in [-0.15, -0.1) is 0 Å². The minimum absolute atomic E-state index is 0.0430. The van der Waals surface area contributed by atoms with Gasteiger partial charge < -0.3 is 0 Å². The van der Waals surface area contributed by atoms with Crippen molar-refractivity contribution in [2.45, 2.75) is 141 Å². The Hall–Kier alpha value is -1.56. The van der Waals surface area contributed by atoms with Gasteiger partial charge in [0, 0.05) is 5.41 Å². The first kappa shape index (κ1) is 33.6. The molecule has 0 saturated carbocycles. The monoisotopic (exact) mass is 533 g/mol. The lowest BCUT2D eigenvalue weighted by atomic mass is 9.70. The normalized spacial score (nSPS) is 12.8. The Bertz CT molecular complexity index is 959. The molecule has 0 radical (unpaired) electrons. The third kappa shape index (κ3) is 9.79. The Labute approximate surface area is 244 Å². The van der Waals surface area contributed by atoms with Crippen LogP contribution in [0.2, 0.25) is 0 Å². The van der Waals surface area contributed by atoms with Crippen LogP contribution < -0.4 is 0 Å². The minimum atomic E-state index is -0.0430. The Morgan fingerprint density at radius 1 is 0.359 bits per heavy atom. The predicted molar refractivity (Wildman–Crippen MR) is 176 cm³/mol. The van der Waals surface area contributed by atoms with Gasteiger partial charge in [0.1, 0.15) is 0 Å². The standard InChI is InChI=1S/C39H64/c1-25(2)15-31-21-35(19-29(9)10)37(23-33(31)17-27(5)6)39(13,14)38-24-34(18-28(7)8)32(16-26(3)4)22-36(38)20-30(11)12/h21-30H,15-20H2,1-14H3. The summed E-state index contributed by atoms with van der Waals surface area (Å²) in [4.78, 5) is 0. The van der Waals surface area contributed by atoms with E-state index in [1.165, 1.54) is 12.8 Å². The Morgan fingerprint density at radius 3 is 0.795 bits per heavy atom. The van der Waals surface area contributed by atoms with E-state index in [1.807, 2.05) is 0 Å². The van der Waals surface area contributed by atoms with Crippen molar-refractivity contribution in [2.24, 2.45) is 35.5 Å². The summed E-state index contributed by atoms with van der Waals surface area (Å²) in [7, 11) is 0. The Kier molecular flexibility index (Phi) is 12.4. The van der Waals surface area contributed by atoms with Crippen LogP contribution in [0.25, 0.3) is 0 Å². The zero-order valence-corrected chi connectivity index (χ0v) is 28.5. The summed E-state index contributed by atoms with van der Waals surface area (Å²) in [6, 6.07) is 10.6. The molecule has 0 heterocycles. The van der Waals surface area contributed by atoms with E-state index in [0.29, 0.717) is 35.5 Å². The molecule has 0 nitrogen and oxygen atoms in total. The van der Waals surface area contributed by atoms with Crippen molar-refractivity contribution in [1.82, 2.24) is 0 Å². The smallest absolute Gasteiger partial charge is 0.0152 e. The highest BCUT2D eigenvalue weighted by Crippen LogP contribution is 2.41. The first-order valence-corrected chi connectivity index (χ1v) is 16.3. The quantitative estimate of drug-likeness (QED) is 0.227. The summed E-state index contributed by atoms with van der Waals surface area (Å²) in [5.74, 6) is 3.95. The second kappa shape index (κ2) is 14.4. The molecule has 0 heteroatoms. The molecule has 0 saturated heterocycles. The van der Waals surface area contributed by atoms with E-state index in [1.54, 1.807) is 44.5 Å². The van der Waals surface area contributed by atoms with Gasteiger partial charge >= 0.3 is 0 Å². The highest BCUT2D eigenvalue weighted by molar-refractivity contribution is 5.52. The number of rotatable bonds is 14. The van der Waals surface area contributed by atoms with Crippen molar-refractivity contribution in [3.8, 4) is 0 Å². The summed E-state index contributed by atoms with van der Waals surface area (Å²) >= 11 is 0. The molecule has 0 atom stereocenters. The van der Waals surface area contributed by atoms with Gasteiger partial charge in [-0.1, -0.05) is 121 Å². The van der Waals surface area contributed by atoms with E-state index in [-0.39, 0.29) is 5.41 Å². The zero-order chi connectivity index (χ0) is 29.7. The van der Waals surface area contributed by atoms with Crippen molar-refractivity contribution in [3.63, 3.8) is 0 Å². The molecule has 0 N–H and O–H groups in total. The lowest BCUT2D eigenvalue weighted by Gasteiger charge is -2.34. The topological polar surface area (TPSA) is 0 Å². The third-order valence-electron chi connectivity index (χ3n) is 7.97. The maximum absolute atomic E-state index is 2.65.